The Kier molecular flexibility index (Phi) is 4.07. The molecule has 0 unspecified atom stereocenters. The van der Waals surface area contributed by atoms with E-state index in [9.17, 15) is 0 Å². The molecule has 7 nitrogen and oxygen atoms in total. The molecule has 8 heteroatoms. The topological polar surface area (TPSA) is 74.7 Å². The van der Waals surface area contributed by atoms with Crippen molar-refractivity contribution in [3.05, 3.63) is 52.7 Å². The molecule has 28 heavy (non-hydrogen) atoms. The Morgan fingerprint density at radius 1 is 1.14 bits per heavy atom. The molecule has 1 aliphatic heterocycles. The Balaban J connectivity index is 1.46. The molecule has 5 rings (SSSR count). The number of H-pyrrole nitrogens is 1. The molecule has 2 N–H and O–H groups in total. The van der Waals surface area contributed by atoms with Gasteiger partial charge in [-0.05, 0) is 42.8 Å². The van der Waals surface area contributed by atoms with Crippen LogP contribution in [-0.2, 0) is 20.0 Å². The molecule has 0 amide bonds. The first kappa shape index (κ1) is 17.2. The molecule has 2 aromatic carbocycles. The third-order valence-corrected chi connectivity index (χ3v) is 5.64. The van der Waals surface area contributed by atoms with Crippen molar-refractivity contribution in [2.24, 2.45) is 7.05 Å². The van der Waals surface area contributed by atoms with E-state index in [1.54, 1.807) is 10.9 Å². The van der Waals surface area contributed by atoms with Gasteiger partial charge in [-0.3, -0.25) is 5.10 Å². The molecule has 0 saturated carbocycles. The zero-order valence-corrected chi connectivity index (χ0v) is 16.5. The summed E-state index contributed by atoms with van der Waals surface area (Å²) in [5.74, 6) is 1.34. The first-order valence-corrected chi connectivity index (χ1v) is 9.56. The van der Waals surface area contributed by atoms with Crippen LogP contribution in [0.1, 0.15) is 11.1 Å². The summed E-state index contributed by atoms with van der Waals surface area (Å²) in [5.41, 5.74) is 5.46. The highest BCUT2D eigenvalue weighted by Crippen LogP contribution is 2.32. The van der Waals surface area contributed by atoms with Crippen LogP contribution in [0.5, 0.6) is 0 Å². The fraction of sp³-hybridized carbons (Fsp3) is 0.250. The SMILES string of the molecule is CN1CCc2cc(-c3nc(Nc4ccc5[nH]ncc5c4Cl)n(C)n3)ccc2C1. The number of rotatable bonds is 3. The Morgan fingerprint density at radius 3 is 2.93 bits per heavy atom. The molecule has 142 valence electrons. The van der Waals surface area contributed by atoms with Crippen molar-refractivity contribution in [1.82, 2.24) is 29.9 Å². The molecule has 3 heterocycles. The van der Waals surface area contributed by atoms with E-state index >= 15 is 0 Å². The Hall–Kier alpha value is -2.90. The van der Waals surface area contributed by atoms with E-state index in [1.807, 2.05) is 19.2 Å². The van der Waals surface area contributed by atoms with Gasteiger partial charge in [0.1, 0.15) is 0 Å². The van der Waals surface area contributed by atoms with Crippen molar-refractivity contribution in [2.75, 3.05) is 18.9 Å². The molecule has 2 aromatic heterocycles. The van der Waals surface area contributed by atoms with Crippen LogP contribution in [0.3, 0.4) is 0 Å². The summed E-state index contributed by atoms with van der Waals surface area (Å²) in [5, 5.41) is 16.3. The highest BCUT2D eigenvalue weighted by Gasteiger charge is 2.17. The van der Waals surface area contributed by atoms with Gasteiger partial charge < -0.3 is 10.2 Å². The van der Waals surface area contributed by atoms with Crippen molar-refractivity contribution in [1.29, 1.82) is 0 Å². The largest absolute Gasteiger partial charge is 0.323 e. The van der Waals surface area contributed by atoms with Crippen LogP contribution >= 0.6 is 11.6 Å². The summed E-state index contributed by atoms with van der Waals surface area (Å²) >= 11 is 6.52. The number of halogens is 1. The lowest BCUT2D eigenvalue weighted by Crippen LogP contribution is -2.26. The average molecular weight is 394 g/mol. The van der Waals surface area contributed by atoms with Crippen molar-refractivity contribution in [3.8, 4) is 11.4 Å². The molecule has 0 aliphatic carbocycles. The average Bonchev–Trinajstić information content (AvgIpc) is 3.31. The molecule has 1 aliphatic rings. The lowest BCUT2D eigenvalue weighted by molar-refractivity contribution is 0.313. The number of likely N-dealkylation sites (N-methyl/N-ethyl adjacent to an activating group) is 1. The number of anilines is 2. The number of benzene rings is 2. The van der Waals surface area contributed by atoms with Crippen LogP contribution in [0.2, 0.25) is 5.02 Å². The van der Waals surface area contributed by atoms with E-state index in [1.165, 1.54) is 11.1 Å². The van der Waals surface area contributed by atoms with E-state index in [2.05, 4.69) is 50.8 Å². The Morgan fingerprint density at radius 2 is 2.04 bits per heavy atom. The van der Waals surface area contributed by atoms with E-state index in [0.29, 0.717) is 16.8 Å². The number of fused-ring (bicyclic) bond motifs is 2. The quantitative estimate of drug-likeness (QED) is 0.554. The van der Waals surface area contributed by atoms with Gasteiger partial charge in [0.15, 0.2) is 5.82 Å². The number of hydrogen-bond acceptors (Lipinski definition) is 5. The van der Waals surface area contributed by atoms with Gasteiger partial charge in [-0.15, -0.1) is 5.10 Å². The molecule has 0 saturated heterocycles. The molecule has 4 aromatic rings. The maximum atomic E-state index is 6.52. The van der Waals surface area contributed by atoms with Crippen molar-refractivity contribution in [3.63, 3.8) is 0 Å². The Bertz CT molecular complexity index is 1180. The Labute approximate surface area is 167 Å². The lowest BCUT2D eigenvalue weighted by atomic mass is 9.97. The summed E-state index contributed by atoms with van der Waals surface area (Å²) < 4.78 is 1.73. The highest BCUT2D eigenvalue weighted by atomic mass is 35.5. The number of nitrogens with zero attached hydrogens (tertiary/aromatic N) is 5. The summed E-state index contributed by atoms with van der Waals surface area (Å²) in [4.78, 5) is 7.03. The second-order valence-corrected chi connectivity index (χ2v) is 7.62. The van der Waals surface area contributed by atoms with Crippen LogP contribution in [0.25, 0.3) is 22.3 Å². The van der Waals surface area contributed by atoms with Crippen molar-refractivity contribution < 1.29 is 0 Å². The molecule has 0 spiro atoms. The number of nitrogens with one attached hydrogen (secondary N) is 2. The highest BCUT2D eigenvalue weighted by molar-refractivity contribution is 6.38. The van der Waals surface area contributed by atoms with Gasteiger partial charge in [-0.2, -0.15) is 10.1 Å². The summed E-state index contributed by atoms with van der Waals surface area (Å²) in [6.07, 6.45) is 2.77. The van der Waals surface area contributed by atoms with Gasteiger partial charge in [-0.1, -0.05) is 23.7 Å². The summed E-state index contributed by atoms with van der Waals surface area (Å²) in [7, 11) is 4.03. The smallest absolute Gasteiger partial charge is 0.225 e. The monoisotopic (exact) mass is 393 g/mol. The van der Waals surface area contributed by atoms with E-state index in [-0.39, 0.29) is 0 Å². The van der Waals surface area contributed by atoms with Crippen LogP contribution in [0.4, 0.5) is 11.6 Å². The van der Waals surface area contributed by atoms with Gasteiger partial charge >= 0.3 is 0 Å². The number of aromatic amines is 1. The predicted molar refractivity (Wildman–Crippen MR) is 111 cm³/mol. The zero-order valence-electron chi connectivity index (χ0n) is 15.7. The molecular formula is C20H20ClN7. The maximum Gasteiger partial charge on any atom is 0.225 e. The molecule has 0 fully saturated rings. The van der Waals surface area contributed by atoms with Crippen LogP contribution in [-0.4, -0.2) is 43.5 Å². The number of aryl methyl sites for hydroxylation is 1. The first-order valence-electron chi connectivity index (χ1n) is 9.19. The molecule has 0 radical (unpaired) electrons. The van der Waals surface area contributed by atoms with Crippen LogP contribution in [0, 0.1) is 0 Å². The second kappa shape index (κ2) is 6.61. The van der Waals surface area contributed by atoms with Crippen molar-refractivity contribution >= 4 is 34.1 Å². The molecular weight excluding hydrogens is 374 g/mol. The minimum atomic E-state index is 0.605. The molecule has 0 atom stereocenters. The van der Waals surface area contributed by atoms with Crippen LogP contribution in [0.15, 0.2) is 36.5 Å². The fourth-order valence-electron chi connectivity index (χ4n) is 3.65. The number of hydrogen-bond donors (Lipinski definition) is 2. The predicted octanol–water partition coefficient (Wildman–Crippen LogP) is 3.74. The fourth-order valence-corrected chi connectivity index (χ4v) is 3.91. The third kappa shape index (κ3) is 2.93. The van der Waals surface area contributed by atoms with Crippen molar-refractivity contribution in [2.45, 2.75) is 13.0 Å². The number of aromatic nitrogens is 5. The van der Waals surface area contributed by atoms with Gasteiger partial charge in [0.05, 0.1) is 22.4 Å². The van der Waals surface area contributed by atoms with E-state index in [4.69, 9.17) is 16.6 Å². The van der Waals surface area contributed by atoms with Gasteiger partial charge in [0.2, 0.25) is 5.95 Å². The first-order chi connectivity index (χ1) is 13.6. The third-order valence-electron chi connectivity index (χ3n) is 5.24. The van der Waals surface area contributed by atoms with Crippen LogP contribution < -0.4 is 5.32 Å². The van der Waals surface area contributed by atoms with Gasteiger partial charge in [0.25, 0.3) is 0 Å². The normalized spacial score (nSPS) is 14.4. The second-order valence-electron chi connectivity index (χ2n) is 7.24. The minimum Gasteiger partial charge on any atom is -0.323 e. The van der Waals surface area contributed by atoms with Gasteiger partial charge in [0, 0.05) is 31.1 Å². The van der Waals surface area contributed by atoms with Gasteiger partial charge in [-0.25, -0.2) is 4.68 Å². The zero-order chi connectivity index (χ0) is 19.3. The van der Waals surface area contributed by atoms with E-state index < -0.39 is 0 Å². The minimum absolute atomic E-state index is 0.605. The maximum absolute atomic E-state index is 6.52. The molecule has 0 bridgehead atoms. The summed E-state index contributed by atoms with van der Waals surface area (Å²) in [6.45, 7) is 2.07. The summed E-state index contributed by atoms with van der Waals surface area (Å²) in [6, 6.07) is 10.3. The lowest BCUT2D eigenvalue weighted by Gasteiger charge is -2.25. The standard InChI is InChI=1S/C20H20ClN7/c1-27-8-7-12-9-13(3-4-14(12)11-27)19-24-20(28(2)26-19)23-17-6-5-16-15(18(17)21)10-22-25-16/h3-6,9-10H,7-8,11H2,1-2H3,(H,22,25)(H,23,24,26). The van der Waals surface area contributed by atoms with E-state index in [0.717, 1.165) is 41.7 Å².